The van der Waals surface area contributed by atoms with Crippen LogP contribution in [0, 0.1) is 0 Å². The second-order valence-electron chi connectivity index (χ2n) is 4.54. The van der Waals surface area contributed by atoms with Crippen molar-refractivity contribution >= 4 is 0 Å². The Bertz CT molecular complexity index is 142. The molecule has 0 amide bonds. The van der Waals surface area contributed by atoms with Crippen LogP contribution in [0.15, 0.2) is 0 Å². The van der Waals surface area contributed by atoms with E-state index in [1.54, 1.807) is 7.11 Å². The molecule has 3 heteroatoms. The molecule has 0 radical (unpaired) electrons. The van der Waals surface area contributed by atoms with E-state index in [-0.39, 0.29) is 0 Å². The highest BCUT2D eigenvalue weighted by atomic mass is 16.5. The average Bonchev–Trinajstić information content (AvgIpc) is 2.34. The van der Waals surface area contributed by atoms with E-state index >= 15 is 0 Å². The van der Waals surface area contributed by atoms with Crippen LogP contribution in [0.25, 0.3) is 0 Å². The van der Waals surface area contributed by atoms with E-state index in [9.17, 15) is 0 Å². The molecule has 1 unspecified atom stereocenters. The van der Waals surface area contributed by atoms with Crippen molar-refractivity contribution in [2.45, 2.75) is 58.4 Å². The van der Waals surface area contributed by atoms with Gasteiger partial charge in [-0.15, -0.1) is 0 Å². The van der Waals surface area contributed by atoms with Gasteiger partial charge in [-0.05, 0) is 38.6 Å². The van der Waals surface area contributed by atoms with E-state index in [4.69, 9.17) is 9.47 Å². The summed E-state index contributed by atoms with van der Waals surface area (Å²) in [5.41, 5.74) is 0. The summed E-state index contributed by atoms with van der Waals surface area (Å²) in [6.07, 6.45) is 7.16. The molecule has 104 valence electrons. The summed E-state index contributed by atoms with van der Waals surface area (Å²) in [6, 6.07) is 0.683. The largest absolute Gasteiger partial charge is 0.385 e. The lowest BCUT2D eigenvalue weighted by Gasteiger charge is -2.17. The zero-order valence-electron chi connectivity index (χ0n) is 12.0. The summed E-state index contributed by atoms with van der Waals surface area (Å²) in [5, 5.41) is 3.61. The highest BCUT2D eigenvalue weighted by molar-refractivity contribution is 4.65. The van der Waals surface area contributed by atoms with Gasteiger partial charge in [-0.1, -0.05) is 20.3 Å². The average molecular weight is 245 g/mol. The first kappa shape index (κ1) is 16.9. The molecule has 0 saturated heterocycles. The van der Waals surface area contributed by atoms with E-state index in [2.05, 4.69) is 19.2 Å². The summed E-state index contributed by atoms with van der Waals surface area (Å²) in [4.78, 5) is 0. The van der Waals surface area contributed by atoms with Crippen LogP contribution in [0.1, 0.15) is 52.4 Å². The molecule has 0 aromatic rings. The van der Waals surface area contributed by atoms with Crippen molar-refractivity contribution in [1.82, 2.24) is 5.32 Å². The lowest BCUT2D eigenvalue weighted by atomic mass is 10.1. The second-order valence-corrected chi connectivity index (χ2v) is 4.54. The third-order valence-electron chi connectivity index (χ3n) is 2.80. The van der Waals surface area contributed by atoms with Crippen LogP contribution in [-0.2, 0) is 9.47 Å². The highest BCUT2D eigenvalue weighted by Crippen LogP contribution is 2.05. The van der Waals surface area contributed by atoms with Gasteiger partial charge in [-0.25, -0.2) is 0 Å². The fourth-order valence-corrected chi connectivity index (χ4v) is 1.88. The van der Waals surface area contributed by atoms with Gasteiger partial charge in [0.15, 0.2) is 0 Å². The zero-order valence-corrected chi connectivity index (χ0v) is 12.0. The predicted octanol–water partition coefficient (Wildman–Crippen LogP) is 2.99. The van der Waals surface area contributed by atoms with Crippen LogP contribution in [-0.4, -0.2) is 39.5 Å². The van der Waals surface area contributed by atoms with E-state index in [1.807, 2.05) is 0 Å². The molecule has 3 nitrogen and oxygen atoms in total. The Morgan fingerprint density at radius 2 is 1.71 bits per heavy atom. The summed E-state index contributed by atoms with van der Waals surface area (Å²) in [7, 11) is 1.73. The molecule has 0 bridgehead atoms. The van der Waals surface area contributed by atoms with Gasteiger partial charge >= 0.3 is 0 Å². The molecule has 1 atom stereocenters. The minimum absolute atomic E-state index is 0.683. The lowest BCUT2D eigenvalue weighted by Crippen LogP contribution is -2.29. The van der Waals surface area contributed by atoms with Gasteiger partial charge in [-0.2, -0.15) is 0 Å². The van der Waals surface area contributed by atoms with E-state index in [0.29, 0.717) is 6.04 Å². The Kier molecular flexibility index (Phi) is 13.8. The van der Waals surface area contributed by atoms with Crippen LogP contribution in [0.5, 0.6) is 0 Å². The summed E-state index contributed by atoms with van der Waals surface area (Å²) in [6.45, 7) is 8.12. The molecule has 1 N–H and O–H groups in total. The Morgan fingerprint density at radius 1 is 0.941 bits per heavy atom. The minimum atomic E-state index is 0.683. The molecule has 17 heavy (non-hydrogen) atoms. The molecule has 0 spiro atoms. The van der Waals surface area contributed by atoms with E-state index in [0.717, 1.165) is 39.2 Å². The molecule has 0 fully saturated rings. The SMILES string of the molecule is CCCNC(CCC)CCCOCCCOC. The second kappa shape index (κ2) is 13.9. The molecule has 0 heterocycles. The maximum Gasteiger partial charge on any atom is 0.0487 e. The number of methoxy groups -OCH3 is 1. The predicted molar refractivity (Wildman–Crippen MR) is 73.5 cm³/mol. The van der Waals surface area contributed by atoms with Crippen LogP contribution in [0.3, 0.4) is 0 Å². The zero-order chi connectivity index (χ0) is 12.8. The Morgan fingerprint density at radius 3 is 2.35 bits per heavy atom. The quantitative estimate of drug-likeness (QED) is 0.506. The number of hydrogen-bond acceptors (Lipinski definition) is 3. The van der Waals surface area contributed by atoms with Crippen molar-refractivity contribution in [3.63, 3.8) is 0 Å². The van der Waals surface area contributed by atoms with Crippen molar-refractivity contribution in [1.29, 1.82) is 0 Å². The van der Waals surface area contributed by atoms with E-state index in [1.165, 1.54) is 25.7 Å². The summed E-state index contributed by atoms with van der Waals surface area (Å²) in [5.74, 6) is 0. The Labute approximate surface area is 107 Å². The van der Waals surface area contributed by atoms with Crippen LogP contribution >= 0.6 is 0 Å². The normalized spacial score (nSPS) is 12.9. The van der Waals surface area contributed by atoms with Crippen molar-refractivity contribution in [2.24, 2.45) is 0 Å². The standard InChI is InChI=1S/C14H31NO2/c1-4-8-14(15-10-5-2)9-6-12-17-13-7-11-16-3/h14-15H,4-13H2,1-3H3. The topological polar surface area (TPSA) is 30.5 Å². The van der Waals surface area contributed by atoms with Gasteiger partial charge < -0.3 is 14.8 Å². The fraction of sp³-hybridized carbons (Fsp3) is 1.00. The molecule has 0 saturated carbocycles. The maximum absolute atomic E-state index is 5.56. The van der Waals surface area contributed by atoms with Crippen LogP contribution in [0.2, 0.25) is 0 Å². The number of hydrogen-bond donors (Lipinski definition) is 1. The highest BCUT2D eigenvalue weighted by Gasteiger charge is 2.05. The van der Waals surface area contributed by atoms with Crippen molar-refractivity contribution < 1.29 is 9.47 Å². The van der Waals surface area contributed by atoms with Gasteiger partial charge in [-0.3, -0.25) is 0 Å². The summed E-state index contributed by atoms with van der Waals surface area (Å²) >= 11 is 0. The van der Waals surface area contributed by atoms with Gasteiger partial charge in [0.1, 0.15) is 0 Å². The van der Waals surface area contributed by atoms with Crippen LogP contribution in [0.4, 0.5) is 0 Å². The molecular formula is C14H31NO2. The van der Waals surface area contributed by atoms with Crippen LogP contribution < -0.4 is 5.32 Å². The molecule has 0 rings (SSSR count). The third-order valence-corrected chi connectivity index (χ3v) is 2.80. The number of ether oxygens (including phenoxy) is 2. The van der Waals surface area contributed by atoms with Gasteiger partial charge in [0.2, 0.25) is 0 Å². The van der Waals surface area contributed by atoms with E-state index < -0.39 is 0 Å². The first-order chi connectivity index (χ1) is 8.35. The maximum atomic E-state index is 5.56. The first-order valence-electron chi connectivity index (χ1n) is 7.15. The van der Waals surface area contributed by atoms with Crippen molar-refractivity contribution in [3.05, 3.63) is 0 Å². The van der Waals surface area contributed by atoms with Gasteiger partial charge in [0, 0.05) is 33.0 Å². The van der Waals surface area contributed by atoms with Crippen molar-refractivity contribution in [2.75, 3.05) is 33.5 Å². The molecule has 0 aromatic carbocycles. The number of rotatable bonds is 13. The fourth-order valence-electron chi connectivity index (χ4n) is 1.88. The molecular weight excluding hydrogens is 214 g/mol. The third kappa shape index (κ3) is 12.1. The minimum Gasteiger partial charge on any atom is -0.385 e. The molecule has 0 aliphatic rings. The molecule has 0 aliphatic heterocycles. The monoisotopic (exact) mass is 245 g/mol. The van der Waals surface area contributed by atoms with Crippen molar-refractivity contribution in [3.8, 4) is 0 Å². The van der Waals surface area contributed by atoms with Gasteiger partial charge in [0.25, 0.3) is 0 Å². The smallest absolute Gasteiger partial charge is 0.0487 e. The van der Waals surface area contributed by atoms with Gasteiger partial charge in [0.05, 0.1) is 0 Å². The molecule has 0 aromatic heterocycles. The Hall–Kier alpha value is -0.120. The Balaban J connectivity index is 3.34. The molecule has 0 aliphatic carbocycles. The number of nitrogens with one attached hydrogen (secondary N) is 1. The lowest BCUT2D eigenvalue weighted by molar-refractivity contribution is 0.0988. The summed E-state index contributed by atoms with van der Waals surface area (Å²) < 4.78 is 10.5. The first-order valence-corrected chi connectivity index (χ1v) is 7.15.